The number of halogens is 1. The summed E-state index contributed by atoms with van der Waals surface area (Å²) in [5, 5.41) is 3.52. The third kappa shape index (κ3) is 2.58. The second kappa shape index (κ2) is 4.86. The molecule has 4 heteroatoms. The number of nitrogens with one attached hydrogen (secondary N) is 1. The molecule has 0 aromatic heterocycles. The van der Waals surface area contributed by atoms with E-state index < -0.39 is 10.8 Å². The minimum absolute atomic E-state index is 0.0700. The second-order valence-electron chi connectivity index (χ2n) is 4.90. The van der Waals surface area contributed by atoms with E-state index in [-0.39, 0.29) is 17.1 Å². The molecule has 0 amide bonds. The Kier molecular flexibility index (Phi) is 3.64. The highest BCUT2D eigenvalue weighted by molar-refractivity contribution is 7.85. The lowest BCUT2D eigenvalue weighted by Crippen LogP contribution is -2.35. The van der Waals surface area contributed by atoms with E-state index >= 15 is 0 Å². The van der Waals surface area contributed by atoms with Gasteiger partial charge in [-0.3, -0.25) is 4.21 Å². The first kappa shape index (κ1) is 12.7. The molecular formula is C13H18FNOS. The van der Waals surface area contributed by atoms with Gasteiger partial charge in [-0.15, -0.1) is 0 Å². The van der Waals surface area contributed by atoms with Crippen LogP contribution in [0.25, 0.3) is 0 Å². The van der Waals surface area contributed by atoms with Gasteiger partial charge in [-0.2, -0.15) is 0 Å². The average Bonchev–Trinajstić information content (AvgIpc) is 2.24. The largest absolute Gasteiger partial charge is 0.308 e. The van der Waals surface area contributed by atoms with E-state index in [4.69, 9.17) is 0 Å². The molecule has 1 N–H and O–H groups in total. The summed E-state index contributed by atoms with van der Waals surface area (Å²) in [5.74, 6) is -0.311. The first-order valence-corrected chi connectivity index (χ1v) is 7.16. The maximum Gasteiger partial charge on any atom is 0.124 e. The molecule has 0 radical (unpaired) electrons. The van der Waals surface area contributed by atoms with Gasteiger partial charge in [-0.05, 0) is 24.1 Å². The molecule has 0 spiro atoms. The van der Waals surface area contributed by atoms with Crippen LogP contribution in [0.15, 0.2) is 23.1 Å². The summed E-state index contributed by atoms with van der Waals surface area (Å²) >= 11 is 0. The van der Waals surface area contributed by atoms with Crippen molar-refractivity contribution in [1.82, 2.24) is 5.32 Å². The van der Waals surface area contributed by atoms with Gasteiger partial charge in [0.25, 0.3) is 0 Å². The molecule has 0 saturated heterocycles. The molecule has 2 rings (SSSR count). The van der Waals surface area contributed by atoms with Gasteiger partial charge in [-0.25, -0.2) is 4.39 Å². The van der Waals surface area contributed by atoms with Crippen molar-refractivity contribution in [3.8, 4) is 0 Å². The highest BCUT2D eigenvalue weighted by atomic mass is 32.2. The van der Waals surface area contributed by atoms with Crippen LogP contribution in [-0.4, -0.2) is 15.5 Å². The standard InChI is InChI=1S/C13H18FNOS/c1-8(2)15-12-6-9(3)17(16)13-7-10(14)4-5-11(12)13/h4-5,7-9,12,15H,6H2,1-3H3. The van der Waals surface area contributed by atoms with Crippen molar-refractivity contribution in [2.75, 3.05) is 0 Å². The molecule has 3 unspecified atom stereocenters. The van der Waals surface area contributed by atoms with Crippen LogP contribution in [0.1, 0.15) is 38.8 Å². The lowest BCUT2D eigenvalue weighted by molar-refractivity contribution is 0.435. The van der Waals surface area contributed by atoms with Crippen LogP contribution >= 0.6 is 0 Å². The van der Waals surface area contributed by atoms with Gasteiger partial charge in [-0.1, -0.05) is 26.8 Å². The quantitative estimate of drug-likeness (QED) is 0.880. The van der Waals surface area contributed by atoms with E-state index in [1.807, 2.05) is 6.92 Å². The molecule has 94 valence electrons. The molecule has 0 saturated carbocycles. The molecule has 1 aromatic rings. The van der Waals surface area contributed by atoms with Crippen LogP contribution in [0, 0.1) is 5.82 Å². The summed E-state index contributed by atoms with van der Waals surface area (Å²) in [5.41, 5.74) is 0.983. The summed E-state index contributed by atoms with van der Waals surface area (Å²) in [7, 11) is -1.09. The summed E-state index contributed by atoms with van der Waals surface area (Å²) in [6.45, 7) is 6.12. The maximum absolute atomic E-state index is 13.2. The van der Waals surface area contributed by atoms with Gasteiger partial charge in [0.1, 0.15) is 5.82 Å². The third-order valence-electron chi connectivity index (χ3n) is 3.04. The second-order valence-corrected chi connectivity index (χ2v) is 6.74. The highest BCUT2D eigenvalue weighted by Gasteiger charge is 2.30. The Labute approximate surface area is 104 Å². The van der Waals surface area contributed by atoms with Crippen molar-refractivity contribution in [2.24, 2.45) is 0 Å². The predicted molar refractivity (Wildman–Crippen MR) is 67.9 cm³/mol. The minimum atomic E-state index is -1.09. The Morgan fingerprint density at radius 1 is 1.47 bits per heavy atom. The molecular weight excluding hydrogens is 237 g/mol. The monoisotopic (exact) mass is 255 g/mol. The number of benzene rings is 1. The van der Waals surface area contributed by atoms with Crippen LogP contribution in [0.2, 0.25) is 0 Å². The zero-order chi connectivity index (χ0) is 12.6. The summed E-state index contributed by atoms with van der Waals surface area (Å²) in [6, 6.07) is 5.15. The minimum Gasteiger partial charge on any atom is -0.308 e. The molecule has 1 heterocycles. The van der Waals surface area contributed by atoms with Gasteiger partial charge < -0.3 is 5.32 Å². The molecule has 3 atom stereocenters. The van der Waals surface area contributed by atoms with Crippen LogP contribution < -0.4 is 5.32 Å². The number of fused-ring (bicyclic) bond motifs is 1. The molecule has 1 aliphatic heterocycles. The average molecular weight is 255 g/mol. The first-order chi connectivity index (χ1) is 7.99. The van der Waals surface area contributed by atoms with Crippen LogP contribution in [0.4, 0.5) is 4.39 Å². The SMILES string of the molecule is CC(C)NC1CC(C)S(=O)c2cc(F)ccc21. The van der Waals surface area contributed by atoms with Gasteiger partial charge >= 0.3 is 0 Å². The molecule has 17 heavy (non-hydrogen) atoms. The summed E-state index contributed by atoms with van der Waals surface area (Å²) in [4.78, 5) is 0.655. The number of hydrogen-bond donors (Lipinski definition) is 1. The Morgan fingerprint density at radius 2 is 2.18 bits per heavy atom. The lowest BCUT2D eigenvalue weighted by Gasteiger charge is -2.31. The van der Waals surface area contributed by atoms with Crippen molar-refractivity contribution < 1.29 is 8.60 Å². The number of rotatable bonds is 2. The van der Waals surface area contributed by atoms with E-state index in [2.05, 4.69) is 19.2 Å². The summed E-state index contributed by atoms with van der Waals surface area (Å²) in [6.07, 6.45) is 0.837. The first-order valence-electron chi connectivity index (χ1n) is 5.95. The predicted octanol–water partition coefficient (Wildman–Crippen LogP) is 2.76. The Bertz CT molecular complexity index is 447. The molecule has 0 bridgehead atoms. The van der Waals surface area contributed by atoms with Crippen molar-refractivity contribution >= 4 is 10.8 Å². The maximum atomic E-state index is 13.2. The smallest absolute Gasteiger partial charge is 0.124 e. The van der Waals surface area contributed by atoms with Crippen LogP contribution in [-0.2, 0) is 10.8 Å². The van der Waals surface area contributed by atoms with Crippen molar-refractivity contribution in [1.29, 1.82) is 0 Å². The van der Waals surface area contributed by atoms with E-state index in [1.165, 1.54) is 12.1 Å². The van der Waals surface area contributed by atoms with Gasteiger partial charge in [0.2, 0.25) is 0 Å². The van der Waals surface area contributed by atoms with Crippen LogP contribution in [0.5, 0.6) is 0 Å². The fraction of sp³-hybridized carbons (Fsp3) is 0.538. The third-order valence-corrected chi connectivity index (χ3v) is 4.75. The van der Waals surface area contributed by atoms with Gasteiger partial charge in [0, 0.05) is 22.2 Å². The Balaban J connectivity index is 2.42. The zero-order valence-electron chi connectivity index (χ0n) is 10.4. The molecule has 0 fully saturated rings. The Morgan fingerprint density at radius 3 is 2.82 bits per heavy atom. The fourth-order valence-electron chi connectivity index (χ4n) is 2.29. The van der Waals surface area contributed by atoms with E-state index in [9.17, 15) is 8.60 Å². The fourth-order valence-corrected chi connectivity index (χ4v) is 3.77. The normalized spacial score (nSPS) is 28.2. The van der Waals surface area contributed by atoms with E-state index in [0.29, 0.717) is 10.9 Å². The topological polar surface area (TPSA) is 29.1 Å². The number of hydrogen-bond acceptors (Lipinski definition) is 2. The van der Waals surface area contributed by atoms with Crippen molar-refractivity contribution in [2.45, 2.75) is 49.4 Å². The van der Waals surface area contributed by atoms with Crippen molar-refractivity contribution in [3.05, 3.63) is 29.6 Å². The zero-order valence-corrected chi connectivity index (χ0v) is 11.2. The molecule has 1 aliphatic rings. The summed E-state index contributed by atoms with van der Waals surface area (Å²) < 4.78 is 25.3. The van der Waals surface area contributed by atoms with E-state index in [0.717, 1.165) is 12.0 Å². The van der Waals surface area contributed by atoms with Gasteiger partial charge in [0.05, 0.1) is 10.8 Å². The van der Waals surface area contributed by atoms with Gasteiger partial charge in [0.15, 0.2) is 0 Å². The molecule has 1 aromatic carbocycles. The lowest BCUT2D eigenvalue weighted by atomic mass is 10.0. The van der Waals surface area contributed by atoms with Crippen molar-refractivity contribution in [3.63, 3.8) is 0 Å². The molecule has 2 nitrogen and oxygen atoms in total. The highest BCUT2D eigenvalue weighted by Crippen LogP contribution is 2.34. The molecule has 0 aliphatic carbocycles. The van der Waals surface area contributed by atoms with E-state index in [1.54, 1.807) is 6.07 Å². The van der Waals surface area contributed by atoms with Crippen LogP contribution in [0.3, 0.4) is 0 Å². The Hall–Kier alpha value is -0.740.